The highest BCUT2D eigenvalue weighted by Crippen LogP contribution is 2.12. The fourth-order valence-electron chi connectivity index (χ4n) is 1.29. The van der Waals surface area contributed by atoms with E-state index in [-0.39, 0.29) is 0 Å². The maximum Gasteiger partial charge on any atom is 0.0136 e. The molecule has 0 aliphatic heterocycles. The Labute approximate surface area is 69.2 Å². The van der Waals surface area contributed by atoms with Crippen LogP contribution in [0.3, 0.4) is 0 Å². The van der Waals surface area contributed by atoms with Crippen LogP contribution in [0, 0.1) is 5.92 Å². The fraction of sp³-hybridized carbons (Fsp3) is 0.600. The maximum absolute atomic E-state index is 3.47. The highest BCUT2D eigenvalue weighted by atomic mass is 14.9. The van der Waals surface area contributed by atoms with Gasteiger partial charge in [0.1, 0.15) is 0 Å². The molecule has 0 bridgehead atoms. The van der Waals surface area contributed by atoms with Crippen molar-refractivity contribution in [2.24, 2.45) is 5.92 Å². The second-order valence-electron chi connectivity index (χ2n) is 3.09. The van der Waals surface area contributed by atoms with Crippen LogP contribution in [0.1, 0.15) is 20.3 Å². The van der Waals surface area contributed by atoms with Crippen LogP contribution >= 0.6 is 0 Å². The monoisotopic (exact) mass is 151 g/mol. The second-order valence-corrected chi connectivity index (χ2v) is 3.09. The average molecular weight is 151 g/mol. The van der Waals surface area contributed by atoms with E-state index in [1.807, 2.05) is 0 Å². The SMILES string of the molecule is CCCNC(C)C1C=CC=C1. The second kappa shape index (κ2) is 4.35. The summed E-state index contributed by atoms with van der Waals surface area (Å²) in [5.74, 6) is 0.613. The van der Waals surface area contributed by atoms with Gasteiger partial charge in [-0.15, -0.1) is 0 Å². The molecule has 1 unspecified atom stereocenters. The molecule has 0 radical (unpaired) electrons. The van der Waals surface area contributed by atoms with Gasteiger partial charge in [0, 0.05) is 12.0 Å². The first-order valence-electron chi connectivity index (χ1n) is 4.43. The molecule has 1 heteroatoms. The van der Waals surface area contributed by atoms with E-state index in [1.54, 1.807) is 0 Å². The standard InChI is InChI=1S/C10H17N/c1-3-8-11-9(2)10-6-4-5-7-10/h4-7,9-11H,3,8H2,1-2H3. The van der Waals surface area contributed by atoms with Gasteiger partial charge in [-0.3, -0.25) is 0 Å². The Bertz CT molecular complexity index is 146. The Morgan fingerprint density at radius 3 is 2.55 bits per heavy atom. The van der Waals surface area contributed by atoms with E-state index >= 15 is 0 Å². The number of hydrogen-bond donors (Lipinski definition) is 1. The van der Waals surface area contributed by atoms with Crippen molar-refractivity contribution in [1.82, 2.24) is 5.32 Å². The molecule has 0 saturated carbocycles. The van der Waals surface area contributed by atoms with Crippen molar-refractivity contribution in [3.8, 4) is 0 Å². The third-order valence-corrected chi connectivity index (χ3v) is 2.07. The van der Waals surface area contributed by atoms with Crippen molar-refractivity contribution < 1.29 is 0 Å². The normalized spacial score (nSPS) is 19.5. The lowest BCUT2D eigenvalue weighted by atomic mass is 10.0. The lowest BCUT2D eigenvalue weighted by Gasteiger charge is -2.16. The van der Waals surface area contributed by atoms with Crippen LogP contribution in [0.15, 0.2) is 24.3 Å². The summed E-state index contributed by atoms with van der Waals surface area (Å²) in [6.45, 7) is 5.56. The predicted octanol–water partition coefficient (Wildman–Crippen LogP) is 2.12. The molecule has 0 aromatic heterocycles. The molecule has 62 valence electrons. The summed E-state index contributed by atoms with van der Waals surface area (Å²) in [5, 5.41) is 3.47. The number of allylic oxidation sites excluding steroid dienone is 2. The van der Waals surface area contributed by atoms with E-state index in [9.17, 15) is 0 Å². The van der Waals surface area contributed by atoms with E-state index < -0.39 is 0 Å². The summed E-state index contributed by atoms with van der Waals surface area (Å²) < 4.78 is 0. The molecule has 0 aromatic rings. The minimum atomic E-state index is 0.588. The van der Waals surface area contributed by atoms with Crippen molar-refractivity contribution in [3.63, 3.8) is 0 Å². The molecule has 1 aliphatic rings. The Kier molecular flexibility index (Phi) is 3.37. The van der Waals surface area contributed by atoms with Crippen molar-refractivity contribution in [2.45, 2.75) is 26.3 Å². The van der Waals surface area contributed by atoms with Gasteiger partial charge in [-0.25, -0.2) is 0 Å². The van der Waals surface area contributed by atoms with Gasteiger partial charge in [0.15, 0.2) is 0 Å². The number of nitrogens with one attached hydrogen (secondary N) is 1. The molecule has 1 atom stereocenters. The van der Waals surface area contributed by atoms with Gasteiger partial charge in [-0.1, -0.05) is 31.2 Å². The zero-order chi connectivity index (χ0) is 8.10. The largest absolute Gasteiger partial charge is 0.313 e. The minimum absolute atomic E-state index is 0.588. The zero-order valence-corrected chi connectivity index (χ0v) is 7.38. The van der Waals surface area contributed by atoms with Crippen molar-refractivity contribution >= 4 is 0 Å². The van der Waals surface area contributed by atoms with Crippen LogP contribution in [-0.4, -0.2) is 12.6 Å². The highest BCUT2D eigenvalue weighted by molar-refractivity contribution is 5.19. The van der Waals surface area contributed by atoms with Gasteiger partial charge in [0.25, 0.3) is 0 Å². The smallest absolute Gasteiger partial charge is 0.0136 e. The van der Waals surface area contributed by atoms with Crippen LogP contribution in [0.2, 0.25) is 0 Å². The van der Waals surface area contributed by atoms with Crippen LogP contribution < -0.4 is 5.32 Å². The zero-order valence-electron chi connectivity index (χ0n) is 7.38. The van der Waals surface area contributed by atoms with E-state index in [2.05, 4.69) is 43.5 Å². The van der Waals surface area contributed by atoms with Crippen molar-refractivity contribution in [1.29, 1.82) is 0 Å². The third-order valence-electron chi connectivity index (χ3n) is 2.07. The Balaban J connectivity index is 2.24. The predicted molar refractivity (Wildman–Crippen MR) is 49.5 cm³/mol. The number of rotatable bonds is 4. The fourth-order valence-corrected chi connectivity index (χ4v) is 1.29. The first-order chi connectivity index (χ1) is 5.34. The van der Waals surface area contributed by atoms with E-state index in [0.29, 0.717) is 12.0 Å². The molecular formula is C10H17N. The van der Waals surface area contributed by atoms with Crippen LogP contribution in [-0.2, 0) is 0 Å². The molecule has 0 heterocycles. The molecule has 0 aromatic carbocycles. The first kappa shape index (κ1) is 8.54. The molecule has 0 amide bonds. The summed E-state index contributed by atoms with van der Waals surface area (Å²) in [4.78, 5) is 0. The van der Waals surface area contributed by atoms with Gasteiger partial charge in [0.2, 0.25) is 0 Å². The van der Waals surface area contributed by atoms with Gasteiger partial charge in [-0.05, 0) is 19.9 Å². The molecule has 0 spiro atoms. The van der Waals surface area contributed by atoms with Crippen molar-refractivity contribution in [3.05, 3.63) is 24.3 Å². The minimum Gasteiger partial charge on any atom is -0.313 e. The van der Waals surface area contributed by atoms with Crippen LogP contribution in [0.5, 0.6) is 0 Å². The van der Waals surface area contributed by atoms with E-state index in [0.717, 1.165) is 6.54 Å². The topological polar surface area (TPSA) is 12.0 Å². The molecule has 1 nitrogen and oxygen atoms in total. The molecule has 0 saturated heterocycles. The van der Waals surface area contributed by atoms with Crippen LogP contribution in [0.25, 0.3) is 0 Å². The summed E-state index contributed by atoms with van der Waals surface area (Å²) in [6.07, 6.45) is 9.94. The Hall–Kier alpha value is -0.560. The van der Waals surface area contributed by atoms with Crippen LogP contribution in [0.4, 0.5) is 0 Å². The van der Waals surface area contributed by atoms with E-state index in [4.69, 9.17) is 0 Å². The molecule has 0 fully saturated rings. The van der Waals surface area contributed by atoms with Gasteiger partial charge in [0.05, 0.1) is 0 Å². The summed E-state index contributed by atoms with van der Waals surface area (Å²) in [7, 11) is 0. The van der Waals surface area contributed by atoms with Gasteiger partial charge < -0.3 is 5.32 Å². The molecule has 11 heavy (non-hydrogen) atoms. The summed E-state index contributed by atoms with van der Waals surface area (Å²) in [6, 6.07) is 0.588. The highest BCUT2D eigenvalue weighted by Gasteiger charge is 2.11. The summed E-state index contributed by atoms with van der Waals surface area (Å²) >= 11 is 0. The molecular weight excluding hydrogens is 134 g/mol. The van der Waals surface area contributed by atoms with Gasteiger partial charge >= 0.3 is 0 Å². The molecule has 1 aliphatic carbocycles. The molecule has 1 rings (SSSR count). The third kappa shape index (κ3) is 2.51. The molecule has 1 N–H and O–H groups in total. The lowest BCUT2D eigenvalue weighted by Crippen LogP contribution is -2.31. The Morgan fingerprint density at radius 1 is 1.36 bits per heavy atom. The Morgan fingerprint density at radius 2 is 2.00 bits per heavy atom. The quantitative estimate of drug-likeness (QED) is 0.649. The van der Waals surface area contributed by atoms with E-state index in [1.165, 1.54) is 6.42 Å². The van der Waals surface area contributed by atoms with Gasteiger partial charge in [-0.2, -0.15) is 0 Å². The number of hydrogen-bond acceptors (Lipinski definition) is 1. The summed E-state index contributed by atoms with van der Waals surface area (Å²) in [5.41, 5.74) is 0. The maximum atomic E-state index is 3.47. The van der Waals surface area contributed by atoms with Crippen molar-refractivity contribution in [2.75, 3.05) is 6.54 Å². The average Bonchev–Trinajstić information content (AvgIpc) is 2.52. The first-order valence-corrected chi connectivity index (χ1v) is 4.43. The lowest BCUT2D eigenvalue weighted by molar-refractivity contribution is 0.492.